The van der Waals surface area contributed by atoms with Crippen LogP contribution < -0.4 is 20.7 Å². The molecule has 1 aliphatic carbocycles. The van der Waals surface area contributed by atoms with Gasteiger partial charge in [0.1, 0.15) is 28.5 Å². The molecule has 1 saturated heterocycles. The number of carbonyl (C=O) groups excluding carboxylic acids is 2. The maximum Gasteiger partial charge on any atom is 0.271 e. The number of aromatic nitrogens is 3. The number of fused-ring (bicyclic) bond motifs is 1. The molecule has 0 spiro atoms. The average molecular weight is 690 g/mol. The summed E-state index contributed by atoms with van der Waals surface area (Å²) in [4.78, 5) is 37.5. The molecule has 0 atom stereocenters. The molecule has 7 rings (SSSR count). The average Bonchev–Trinajstić information content (AvgIpc) is 3.60. The fourth-order valence-corrected chi connectivity index (χ4v) is 6.99. The van der Waals surface area contributed by atoms with Crippen LogP contribution in [-0.2, 0) is 6.42 Å². The first kappa shape index (κ1) is 34.3. The van der Waals surface area contributed by atoms with Crippen LogP contribution in [-0.4, -0.2) is 75.9 Å². The number of hydrogen-bond acceptors (Lipinski definition) is 7. The molecule has 4 heterocycles. The van der Waals surface area contributed by atoms with Crippen LogP contribution in [0.2, 0.25) is 0 Å². The molecule has 11 heteroatoms. The fourth-order valence-electron chi connectivity index (χ4n) is 6.99. The predicted octanol–water partition coefficient (Wildman–Crippen LogP) is 5.94. The van der Waals surface area contributed by atoms with Gasteiger partial charge in [-0.05, 0) is 99.0 Å². The molecule has 51 heavy (non-hydrogen) atoms. The minimum Gasteiger partial charge on any atom is -0.438 e. The number of hydrogen-bond donors (Lipinski definition) is 3. The largest absolute Gasteiger partial charge is 0.438 e. The molecule has 1 aliphatic heterocycles. The molecule has 2 aromatic carbocycles. The van der Waals surface area contributed by atoms with E-state index in [1.54, 1.807) is 12.3 Å². The smallest absolute Gasteiger partial charge is 0.271 e. The molecule has 2 amide bonds. The number of carbonyl (C=O) groups is 2. The lowest BCUT2D eigenvalue weighted by molar-refractivity contribution is 0.0888. The maximum atomic E-state index is 14.4. The first-order valence-corrected chi connectivity index (χ1v) is 17.9. The van der Waals surface area contributed by atoms with Crippen molar-refractivity contribution >= 4 is 17.5 Å². The number of rotatable bonds is 11. The second-order valence-electron chi connectivity index (χ2n) is 13.5. The van der Waals surface area contributed by atoms with Crippen molar-refractivity contribution in [2.75, 3.05) is 32.7 Å². The van der Waals surface area contributed by atoms with Crippen molar-refractivity contribution in [3.05, 3.63) is 114 Å². The molecule has 264 valence electrons. The van der Waals surface area contributed by atoms with Crippen molar-refractivity contribution in [2.45, 2.75) is 57.5 Å². The van der Waals surface area contributed by atoms with Gasteiger partial charge in [0.05, 0.1) is 6.20 Å². The Morgan fingerprint density at radius 2 is 1.63 bits per heavy atom. The molecule has 3 aromatic heterocycles. The summed E-state index contributed by atoms with van der Waals surface area (Å²) in [5.74, 6) is -0.750. The van der Waals surface area contributed by atoms with E-state index in [0.717, 1.165) is 80.3 Å². The van der Waals surface area contributed by atoms with E-state index in [0.29, 0.717) is 37.1 Å². The number of piperazine rings is 1. The van der Waals surface area contributed by atoms with E-state index in [9.17, 15) is 14.0 Å². The normalized spacial score (nSPS) is 18.0. The molecule has 0 unspecified atom stereocenters. The van der Waals surface area contributed by atoms with Gasteiger partial charge in [0.25, 0.3) is 11.8 Å². The number of halogens is 1. The molecule has 0 bridgehead atoms. The zero-order valence-corrected chi connectivity index (χ0v) is 28.9. The van der Waals surface area contributed by atoms with Gasteiger partial charge in [0.15, 0.2) is 0 Å². The molecule has 3 N–H and O–H groups in total. The van der Waals surface area contributed by atoms with Gasteiger partial charge in [0, 0.05) is 50.2 Å². The number of nitrogens with zero attached hydrogens (tertiary/aromatic N) is 4. The number of aryl methyl sites for hydroxylation is 2. The zero-order valence-electron chi connectivity index (χ0n) is 28.9. The molecule has 5 aromatic rings. The highest BCUT2D eigenvalue weighted by Gasteiger charge is 2.26. The van der Waals surface area contributed by atoms with Crippen LogP contribution in [0, 0.1) is 12.7 Å². The third-order valence-electron chi connectivity index (χ3n) is 9.87. The zero-order chi connectivity index (χ0) is 35.2. The monoisotopic (exact) mass is 689 g/mol. The second kappa shape index (κ2) is 15.8. The van der Waals surface area contributed by atoms with Gasteiger partial charge in [-0.25, -0.2) is 14.4 Å². The van der Waals surface area contributed by atoms with E-state index in [-0.39, 0.29) is 29.4 Å². The van der Waals surface area contributed by atoms with Crippen LogP contribution in [0.4, 0.5) is 4.39 Å². The Bertz CT molecular complexity index is 1980. The third-order valence-corrected chi connectivity index (χ3v) is 9.87. The summed E-state index contributed by atoms with van der Waals surface area (Å²) < 4.78 is 22.4. The quantitative estimate of drug-likeness (QED) is 0.157. The molecule has 2 fully saturated rings. The van der Waals surface area contributed by atoms with Gasteiger partial charge in [-0.2, -0.15) is 0 Å². The van der Waals surface area contributed by atoms with Crippen LogP contribution in [0.15, 0.2) is 85.2 Å². The summed E-state index contributed by atoms with van der Waals surface area (Å²) in [6.07, 6.45) is 7.69. The maximum absolute atomic E-state index is 14.4. The van der Waals surface area contributed by atoms with Gasteiger partial charge in [-0.3, -0.25) is 9.59 Å². The van der Waals surface area contributed by atoms with Gasteiger partial charge in [0.2, 0.25) is 5.88 Å². The van der Waals surface area contributed by atoms with E-state index < -0.39 is 11.7 Å². The van der Waals surface area contributed by atoms with E-state index in [1.807, 2.05) is 47.7 Å². The highest BCUT2D eigenvalue weighted by Crippen LogP contribution is 2.29. The predicted molar refractivity (Wildman–Crippen MR) is 195 cm³/mol. The lowest BCUT2D eigenvalue weighted by Gasteiger charge is -2.29. The van der Waals surface area contributed by atoms with Crippen molar-refractivity contribution in [1.29, 1.82) is 0 Å². The highest BCUT2D eigenvalue weighted by molar-refractivity contribution is 5.96. The lowest BCUT2D eigenvalue weighted by Crippen LogP contribution is -2.44. The summed E-state index contributed by atoms with van der Waals surface area (Å²) in [7, 11) is 0. The Balaban J connectivity index is 0.929. The van der Waals surface area contributed by atoms with Crippen LogP contribution in [0.5, 0.6) is 11.6 Å². The summed E-state index contributed by atoms with van der Waals surface area (Å²) in [5, 5.41) is 9.53. The van der Waals surface area contributed by atoms with Gasteiger partial charge in [-0.1, -0.05) is 42.5 Å². The van der Waals surface area contributed by atoms with Gasteiger partial charge < -0.3 is 30.0 Å². The van der Waals surface area contributed by atoms with Crippen molar-refractivity contribution in [3.8, 4) is 22.8 Å². The van der Waals surface area contributed by atoms with Crippen LogP contribution in [0.3, 0.4) is 0 Å². The number of amides is 2. The standard InChI is InChI=1S/C40H44FN7O3/c1-27-5-2-9-37-46-36(26-48(27)37)39(50)45-33-16-14-32(15-17-33)44-38(49)35-24-31(41)25-43-40(35)51-34-8-3-7-30(23-34)29-12-10-28(11-13-29)6-4-20-47-21-18-42-19-22-47/h2-3,5,7-13,23-26,32-33,42H,4,6,14-22H2,1H3,(H,44,49)(H,45,50)/t32-,33+. The number of imidazole rings is 1. The van der Waals surface area contributed by atoms with E-state index in [2.05, 4.69) is 55.1 Å². The van der Waals surface area contributed by atoms with Crippen molar-refractivity contribution < 1.29 is 18.7 Å². The summed E-state index contributed by atoms with van der Waals surface area (Å²) in [6.45, 7) is 7.46. The number of nitrogens with one attached hydrogen (secondary N) is 3. The lowest BCUT2D eigenvalue weighted by atomic mass is 9.91. The summed E-state index contributed by atoms with van der Waals surface area (Å²) in [6, 6.07) is 22.9. The van der Waals surface area contributed by atoms with E-state index in [4.69, 9.17) is 4.74 Å². The SMILES string of the molecule is Cc1cccc2nc(C(=O)N[C@H]3CC[C@@H](NC(=O)c4cc(F)cnc4Oc4cccc(-c5ccc(CCCN6CCNCC6)cc5)c4)CC3)cn12. The topological polar surface area (TPSA) is 113 Å². The van der Waals surface area contributed by atoms with Crippen molar-refractivity contribution in [1.82, 2.24) is 35.2 Å². The van der Waals surface area contributed by atoms with Gasteiger partial charge in [-0.15, -0.1) is 0 Å². The second-order valence-corrected chi connectivity index (χ2v) is 13.5. The van der Waals surface area contributed by atoms with E-state index >= 15 is 0 Å². The number of pyridine rings is 2. The molecular weight excluding hydrogens is 645 g/mol. The number of ether oxygens (including phenoxy) is 1. The Kier molecular flexibility index (Phi) is 10.7. The highest BCUT2D eigenvalue weighted by atomic mass is 19.1. The minimum absolute atomic E-state index is 0.0304. The van der Waals surface area contributed by atoms with Gasteiger partial charge >= 0.3 is 0 Å². The summed E-state index contributed by atoms with van der Waals surface area (Å²) in [5.41, 5.74) is 5.46. The molecule has 2 aliphatic rings. The van der Waals surface area contributed by atoms with Crippen molar-refractivity contribution in [3.63, 3.8) is 0 Å². The Morgan fingerprint density at radius 1 is 0.902 bits per heavy atom. The summed E-state index contributed by atoms with van der Waals surface area (Å²) >= 11 is 0. The molecule has 10 nitrogen and oxygen atoms in total. The van der Waals surface area contributed by atoms with E-state index in [1.165, 1.54) is 5.56 Å². The van der Waals surface area contributed by atoms with Crippen LogP contribution in [0.25, 0.3) is 16.8 Å². The third kappa shape index (κ3) is 8.61. The van der Waals surface area contributed by atoms with Crippen LogP contribution in [0.1, 0.15) is 64.2 Å². The molecule has 0 radical (unpaired) electrons. The Morgan fingerprint density at radius 3 is 2.37 bits per heavy atom. The first-order valence-electron chi connectivity index (χ1n) is 17.9. The Hall–Kier alpha value is -5.13. The van der Waals surface area contributed by atoms with Crippen LogP contribution >= 0.6 is 0 Å². The Labute approximate surface area is 297 Å². The fraction of sp³-hybridized carbons (Fsp3) is 0.350. The first-order chi connectivity index (χ1) is 24.9. The molecular formula is C40H44FN7O3. The minimum atomic E-state index is -0.622. The molecule has 1 saturated carbocycles. The van der Waals surface area contributed by atoms with Crippen molar-refractivity contribution in [2.24, 2.45) is 0 Å². The number of benzene rings is 2.